The molecule has 0 aliphatic rings. The van der Waals surface area contributed by atoms with Gasteiger partial charge in [-0.05, 0) is 26.7 Å². The molecule has 0 saturated carbocycles. The second kappa shape index (κ2) is 7.11. The highest BCUT2D eigenvalue weighted by Gasteiger charge is 2.02. The highest BCUT2D eigenvalue weighted by molar-refractivity contribution is 5.76. The maximum Gasteiger partial charge on any atom is 0.294 e. The molecule has 0 unspecified atom stereocenters. The summed E-state index contributed by atoms with van der Waals surface area (Å²) in [6.45, 7) is 3.82. The van der Waals surface area contributed by atoms with Crippen LogP contribution in [0.25, 0.3) is 0 Å². The van der Waals surface area contributed by atoms with E-state index in [1.54, 1.807) is 0 Å². The Hall–Kier alpha value is -1.33. The molecular formula is C8H16N2O4. The Kier molecular flexibility index (Phi) is 6.43. The molecule has 0 aliphatic heterocycles. The van der Waals surface area contributed by atoms with E-state index in [0.29, 0.717) is 19.3 Å². The van der Waals surface area contributed by atoms with Crippen LogP contribution in [0.5, 0.6) is 0 Å². The summed E-state index contributed by atoms with van der Waals surface area (Å²) < 4.78 is 0. The zero-order valence-electron chi connectivity index (χ0n) is 8.49. The highest BCUT2D eigenvalue weighted by atomic mass is 16.9. The maximum absolute atomic E-state index is 11.1. The van der Waals surface area contributed by atoms with Crippen LogP contribution in [0.1, 0.15) is 33.1 Å². The van der Waals surface area contributed by atoms with Crippen LogP contribution in [0, 0.1) is 10.1 Å². The number of hydrogen-bond acceptors (Lipinski definition) is 4. The Labute approximate surface area is 82.7 Å². The van der Waals surface area contributed by atoms with E-state index < -0.39 is 5.09 Å². The van der Waals surface area contributed by atoms with Gasteiger partial charge >= 0.3 is 0 Å². The number of amides is 1. The number of hydrogen-bond donors (Lipinski definition) is 1. The van der Waals surface area contributed by atoms with Crippen molar-refractivity contribution in [2.24, 2.45) is 0 Å². The van der Waals surface area contributed by atoms with Crippen LogP contribution in [0.4, 0.5) is 0 Å². The summed E-state index contributed by atoms with van der Waals surface area (Å²) in [6.07, 6.45) is 1.51. The van der Waals surface area contributed by atoms with Crippen LogP contribution in [-0.2, 0) is 9.63 Å². The predicted molar refractivity (Wildman–Crippen MR) is 50.1 cm³/mol. The lowest BCUT2D eigenvalue weighted by atomic mass is 10.2. The van der Waals surface area contributed by atoms with E-state index in [1.807, 2.05) is 13.8 Å². The smallest absolute Gasteiger partial charge is 0.294 e. The molecule has 0 aromatic carbocycles. The molecule has 1 amide bonds. The molecule has 0 bridgehead atoms. The minimum Gasteiger partial charge on any atom is -0.354 e. The van der Waals surface area contributed by atoms with Gasteiger partial charge in [0.15, 0.2) is 0 Å². The molecule has 0 rings (SSSR count). The number of nitrogens with one attached hydrogen (secondary N) is 1. The van der Waals surface area contributed by atoms with Crippen molar-refractivity contribution < 1.29 is 14.7 Å². The Morgan fingerprint density at radius 2 is 2.14 bits per heavy atom. The van der Waals surface area contributed by atoms with Gasteiger partial charge in [0.25, 0.3) is 5.09 Å². The van der Waals surface area contributed by atoms with E-state index in [4.69, 9.17) is 0 Å². The van der Waals surface area contributed by atoms with E-state index >= 15 is 0 Å². The van der Waals surface area contributed by atoms with Crippen molar-refractivity contribution in [3.05, 3.63) is 10.1 Å². The van der Waals surface area contributed by atoms with Crippen molar-refractivity contribution in [3.8, 4) is 0 Å². The zero-order chi connectivity index (χ0) is 11.0. The van der Waals surface area contributed by atoms with Gasteiger partial charge in [-0.3, -0.25) is 4.79 Å². The number of nitrogens with zero attached hydrogens (tertiary/aromatic N) is 1. The first-order valence-corrected chi connectivity index (χ1v) is 4.59. The average Bonchev–Trinajstić information content (AvgIpc) is 2.01. The summed E-state index contributed by atoms with van der Waals surface area (Å²) >= 11 is 0. The zero-order valence-corrected chi connectivity index (χ0v) is 8.49. The Morgan fingerprint density at radius 3 is 2.64 bits per heavy atom. The summed E-state index contributed by atoms with van der Waals surface area (Å²) in [5.41, 5.74) is 0. The SMILES string of the molecule is CC(C)NC(=O)CCCCO[N+](=O)[O-]. The molecule has 0 atom stereocenters. The number of carbonyl (C=O) groups is 1. The molecule has 82 valence electrons. The fraction of sp³-hybridized carbons (Fsp3) is 0.875. The summed E-state index contributed by atoms with van der Waals surface area (Å²) in [5, 5.41) is 11.6. The van der Waals surface area contributed by atoms with Crippen molar-refractivity contribution in [3.63, 3.8) is 0 Å². The normalized spacial score (nSPS) is 9.93. The second-order valence-electron chi connectivity index (χ2n) is 3.24. The standard InChI is InChI=1S/C8H16N2O4/c1-7(2)9-8(11)5-3-4-6-14-10(12)13/h7H,3-6H2,1-2H3,(H,9,11). The minimum atomic E-state index is -0.825. The van der Waals surface area contributed by atoms with Crippen LogP contribution in [-0.4, -0.2) is 23.6 Å². The van der Waals surface area contributed by atoms with E-state index in [1.165, 1.54) is 0 Å². The highest BCUT2D eigenvalue weighted by Crippen LogP contribution is 1.96. The van der Waals surface area contributed by atoms with Gasteiger partial charge in [-0.1, -0.05) is 0 Å². The molecule has 1 N–H and O–H groups in total. The molecule has 0 fully saturated rings. The van der Waals surface area contributed by atoms with Gasteiger partial charge in [0, 0.05) is 12.5 Å². The van der Waals surface area contributed by atoms with Crippen LogP contribution in [0.2, 0.25) is 0 Å². The maximum atomic E-state index is 11.1. The van der Waals surface area contributed by atoms with Gasteiger partial charge in [-0.2, -0.15) is 0 Å². The van der Waals surface area contributed by atoms with Crippen molar-refractivity contribution >= 4 is 5.91 Å². The Bertz CT molecular complexity index is 194. The summed E-state index contributed by atoms with van der Waals surface area (Å²) in [6, 6.07) is 0.137. The third-order valence-corrected chi connectivity index (χ3v) is 1.44. The molecule has 0 aromatic heterocycles. The summed E-state index contributed by atoms with van der Waals surface area (Å²) in [4.78, 5) is 24.9. The van der Waals surface area contributed by atoms with Crippen molar-refractivity contribution in [1.82, 2.24) is 5.32 Å². The van der Waals surface area contributed by atoms with Gasteiger partial charge in [-0.25, -0.2) is 0 Å². The summed E-state index contributed by atoms with van der Waals surface area (Å²) in [7, 11) is 0. The minimum absolute atomic E-state index is 0.0268. The fourth-order valence-electron chi connectivity index (χ4n) is 0.921. The van der Waals surface area contributed by atoms with E-state index in [0.717, 1.165) is 0 Å². The molecule has 6 nitrogen and oxygen atoms in total. The van der Waals surface area contributed by atoms with Gasteiger partial charge in [-0.15, -0.1) is 10.1 Å². The lowest BCUT2D eigenvalue weighted by Crippen LogP contribution is -2.29. The summed E-state index contributed by atoms with van der Waals surface area (Å²) in [5.74, 6) is -0.0268. The molecule has 0 saturated heterocycles. The lowest BCUT2D eigenvalue weighted by Gasteiger charge is -2.07. The fourth-order valence-corrected chi connectivity index (χ4v) is 0.921. The molecule has 6 heteroatoms. The van der Waals surface area contributed by atoms with E-state index in [2.05, 4.69) is 10.2 Å². The van der Waals surface area contributed by atoms with Crippen molar-refractivity contribution in [2.45, 2.75) is 39.2 Å². The molecular weight excluding hydrogens is 188 g/mol. The van der Waals surface area contributed by atoms with Gasteiger partial charge in [0.2, 0.25) is 5.91 Å². The number of carbonyl (C=O) groups excluding carboxylic acids is 1. The first kappa shape index (κ1) is 12.7. The van der Waals surface area contributed by atoms with Crippen molar-refractivity contribution in [1.29, 1.82) is 0 Å². The van der Waals surface area contributed by atoms with E-state index in [-0.39, 0.29) is 18.6 Å². The first-order chi connectivity index (χ1) is 6.52. The van der Waals surface area contributed by atoms with Gasteiger partial charge < -0.3 is 10.2 Å². The number of unbranched alkanes of at least 4 members (excludes halogenated alkanes) is 1. The third kappa shape index (κ3) is 8.76. The van der Waals surface area contributed by atoms with Crippen LogP contribution in [0.15, 0.2) is 0 Å². The molecule has 0 heterocycles. The topological polar surface area (TPSA) is 81.5 Å². The van der Waals surface area contributed by atoms with Gasteiger partial charge in [0.05, 0.1) is 6.61 Å². The second-order valence-corrected chi connectivity index (χ2v) is 3.24. The van der Waals surface area contributed by atoms with E-state index in [9.17, 15) is 14.9 Å². The molecule has 14 heavy (non-hydrogen) atoms. The third-order valence-electron chi connectivity index (χ3n) is 1.44. The average molecular weight is 204 g/mol. The van der Waals surface area contributed by atoms with Gasteiger partial charge in [0.1, 0.15) is 0 Å². The lowest BCUT2D eigenvalue weighted by molar-refractivity contribution is -0.757. The monoisotopic (exact) mass is 204 g/mol. The van der Waals surface area contributed by atoms with Crippen molar-refractivity contribution in [2.75, 3.05) is 6.61 Å². The molecule has 0 spiro atoms. The first-order valence-electron chi connectivity index (χ1n) is 4.59. The van der Waals surface area contributed by atoms with Crippen LogP contribution < -0.4 is 5.32 Å². The number of rotatable bonds is 7. The largest absolute Gasteiger partial charge is 0.354 e. The molecule has 0 aromatic rings. The Balaban J connectivity index is 3.27. The molecule has 0 aliphatic carbocycles. The predicted octanol–water partition coefficient (Wildman–Crippen LogP) is 0.890. The Morgan fingerprint density at radius 1 is 1.50 bits per heavy atom. The van der Waals surface area contributed by atoms with Crippen LogP contribution in [0.3, 0.4) is 0 Å². The quantitative estimate of drug-likeness (QED) is 0.379. The molecule has 0 radical (unpaired) electrons. The van der Waals surface area contributed by atoms with Crippen LogP contribution >= 0.6 is 0 Å².